The molecule has 1 aliphatic rings. The van der Waals surface area contributed by atoms with Crippen LogP contribution in [0.3, 0.4) is 0 Å². The number of hydrogen-bond donors (Lipinski definition) is 9. The van der Waals surface area contributed by atoms with Crippen LogP contribution >= 0.6 is 0 Å². The van der Waals surface area contributed by atoms with E-state index in [0.717, 1.165) is 22.3 Å². The number of hydrogen-bond acceptors (Lipinski definition) is 12. The van der Waals surface area contributed by atoms with E-state index in [9.17, 15) is 47.9 Å². The first-order valence-electron chi connectivity index (χ1n) is 30.1. The Morgan fingerprint density at radius 1 is 0.506 bits per heavy atom. The second kappa shape index (κ2) is 36.7. The van der Waals surface area contributed by atoms with Crippen molar-refractivity contribution in [3.63, 3.8) is 0 Å². The second-order valence-corrected chi connectivity index (χ2v) is 22.8. The summed E-state index contributed by atoms with van der Waals surface area (Å²) in [6, 6.07) is 32.3. The zero-order valence-electron chi connectivity index (χ0n) is 49.6. The van der Waals surface area contributed by atoms with Crippen LogP contribution in [0.5, 0.6) is 0 Å². The van der Waals surface area contributed by atoms with Crippen molar-refractivity contribution in [1.82, 2.24) is 37.2 Å². The van der Waals surface area contributed by atoms with Crippen molar-refractivity contribution in [3.05, 3.63) is 144 Å². The number of benzene rings is 4. The predicted molar refractivity (Wildman–Crippen MR) is 326 cm³/mol. The molecular formula is C66H89N9O10. The summed E-state index contributed by atoms with van der Waals surface area (Å²) in [6.45, 7) is 5.18. The van der Waals surface area contributed by atoms with Crippen LogP contribution in [0.1, 0.15) is 120 Å². The van der Waals surface area contributed by atoms with Crippen LogP contribution in [0.4, 0.5) is 0 Å². The van der Waals surface area contributed by atoms with E-state index in [1.54, 1.807) is 0 Å². The summed E-state index contributed by atoms with van der Waals surface area (Å²) >= 11 is 0. The van der Waals surface area contributed by atoms with Gasteiger partial charge < -0.3 is 48.7 Å². The molecule has 19 heteroatoms. The van der Waals surface area contributed by atoms with Gasteiger partial charge in [-0.2, -0.15) is 0 Å². The van der Waals surface area contributed by atoms with Gasteiger partial charge in [0.2, 0.25) is 41.4 Å². The van der Waals surface area contributed by atoms with Gasteiger partial charge in [0.15, 0.2) is 17.3 Å². The van der Waals surface area contributed by atoms with E-state index in [2.05, 4.69) is 37.2 Å². The number of rotatable bonds is 27. The Morgan fingerprint density at radius 2 is 0.918 bits per heavy atom. The average Bonchev–Trinajstić information content (AvgIpc) is 3.66. The molecule has 85 heavy (non-hydrogen) atoms. The quantitative estimate of drug-likeness (QED) is 0.0400. The van der Waals surface area contributed by atoms with Gasteiger partial charge in [0.05, 0.1) is 31.2 Å². The number of carbonyl (C=O) groups excluding carboxylic acids is 10. The lowest BCUT2D eigenvalue weighted by Gasteiger charge is -2.25. The van der Waals surface area contributed by atoms with Gasteiger partial charge in [-0.3, -0.25) is 47.9 Å². The van der Waals surface area contributed by atoms with E-state index in [1.165, 1.54) is 0 Å². The highest BCUT2D eigenvalue weighted by Crippen LogP contribution is 2.22. The maximum Gasteiger partial charge on any atom is 0.243 e. The zero-order chi connectivity index (χ0) is 61.5. The molecule has 5 rings (SSSR count). The van der Waals surface area contributed by atoms with Gasteiger partial charge >= 0.3 is 0 Å². The van der Waals surface area contributed by atoms with Gasteiger partial charge in [0.1, 0.15) is 12.1 Å². The van der Waals surface area contributed by atoms with Crippen LogP contribution < -0.4 is 48.7 Å². The maximum atomic E-state index is 14.3. The molecule has 458 valence electrons. The first kappa shape index (κ1) is 67.9. The normalized spacial score (nSPS) is 18.0. The lowest BCUT2D eigenvalue weighted by atomic mass is 9.87. The van der Waals surface area contributed by atoms with E-state index < -0.39 is 95.9 Å². The molecule has 0 bridgehead atoms. The number of nitrogens with one attached hydrogen (secondary N) is 7. The van der Waals surface area contributed by atoms with Crippen molar-refractivity contribution in [2.45, 2.75) is 154 Å². The minimum absolute atomic E-state index is 0.0414. The fourth-order valence-corrected chi connectivity index (χ4v) is 10.4. The molecule has 0 aromatic heterocycles. The summed E-state index contributed by atoms with van der Waals surface area (Å²) in [5.74, 6) is -7.37. The number of amides is 7. The fraction of sp³-hybridized carbons (Fsp3) is 0.485. The summed E-state index contributed by atoms with van der Waals surface area (Å²) < 4.78 is 0. The molecule has 11 N–H and O–H groups in total. The molecule has 0 saturated carbocycles. The molecular weight excluding hydrogens is 1080 g/mol. The number of ketones is 3. The molecule has 19 nitrogen and oxygen atoms in total. The minimum atomic E-state index is -1.13. The number of nitrogens with two attached hydrogens (primary N) is 2. The lowest BCUT2D eigenvalue weighted by Crippen LogP contribution is -2.55. The van der Waals surface area contributed by atoms with E-state index in [0.29, 0.717) is 44.9 Å². The largest absolute Gasteiger partial charge is 0.355 e. The summed E-state index contributed by atoms with van der Waals surface area (Å²) in [5, 5.41) is 19.4. The third kappa shape index (κ3) is 25.1. The van der Waals surface area contributed by atoms with Crippen molar-refractivity contribution in [3.8, 4) is 0 Å². The van der Waals surface area contributed by atoms with Crippen LogP contribution in [0.25, 0.3) is 0 Å². The van der Waals surface area contributed by atoms with Gasteiger partial charge in [0.25, 0.3) is 0 Å². The highest BCUT2D eigenvalue weighted by molar-refractivity contribution is 5.97. The van der Waals surface area contributed by atoms with Crippen LogP contribution in [0.15, 0.2) is 121 Å². The van der Waals surface area contributed by atoms with E-state index in [4.69, 9.17) is 11.5 Å². The van der Waals surface area contributed by atoms with Gasteiger partial charge in [-0.1, -0.05) is 155 Å². The Balaban J connectivity index is 1.20. The maximum absolute atomic E-state index is 14.3. The van der Waals surface area contributed by atoms with Crippen molar-refractivity contribution in [2.75, 3.05) is 26.2 Å². The molecule has 0 spiro atoms. The van der Waals surface area contributed by atoms with Crippen LogP contribution in [0, 0.1) is 23.7 Å². The summed E-state index contributed by atoms with van der Waals surface area (Å²) in [6.07, 6.45) is 3.21. The van der Waals surface area contributed by atoms with Crippen molar-refractivity contribution >= 4 is 58.7 Å². The van der Waals surface area contributed by atoms with Crippen molar-refractivity contribution in [2.24, 2.45) is 35.1 Å². The topological polar surface area (TPSA) is 307 Å². The Hall–Kier alpha value is -7.90. The molecule has 8 atom stereocenters. The first-order chi connectivity index (χ1) is 40.9. The van der Waals surface area contributed by atoms with Gasteiger partial charge in [-0.25, -0.2) is 0 Å². The fourth-order valence-electron chi connectivity index (χ4n) is 10.4. The summed E-state index contributed by atoms with van der Waals surface area (Å²) in [4.78, 5) is 138. The molecule has 0 unspecified atom stereocenters. The van der Waals surface area contributed by atoms with Crippen molar-refractivity contribution in [1.29, 1.82) is 0 Å². The van der Waals surface area contributed by atoms with Crippen molar-refractivity contribution < 1.29 is 47.9 Å². The lowest BCUT2D eigenvalue weighted by molar-refractivity contribution is -0.135. The molecule has 1 fully saturated rings. The zero-order valence-corrected chi connectivity index (χ0v) is 49.6. The highest BCUT2D eigenvalue weighted by Gasteiger charge is 2.34. The van der Waals surface area contributed by atoms with Crippen LogP contribution in [0.2, 0.25) is 0 Å². The van der Waals surface area contributed by atoms with Gasteiger partial charge in [0, 0.05) is 50.1 Å². The predicted octanol–water partition coefficient (Wildman–Crippen LogP) is 4.46. The first-order valence-corrected chi connectivity index (χ1v) is 30.1. The monoisotopic (exact) mass is 1170 g/mol. The minimum Gasteiger partial charge on any atom is -0.355 e. The Morgan fingerprint density at radius 3 is 1.35 bits per heavy atom. The molecule has 1 heterocycles. The molecule has 7 amide bonds. The Labute approximate surface area is 500 Å². The van der Waals surface area contributed by atoms with E-state index in [-0.39, 0.29) is 101 Å². The summed E-state index contributed by atoms with van der Waals surface area (Å²) in [5.41, 5.74) is 16.2. The smallest absolute Gasteiger partial charge is 0.243 e. The second-order valence-electron chi connectivity index (χ2n) is 22.8. The Bertz CT molecular complexity index is 2790. The van der Waals surface area contributed by atoms with E-state index in [1.807, 2.05) is 142 Å². The molecule has 0 aliphatic carbocycles. The third-order valence-corrected chi connectivity index (χ3v) is 15.2. The molecule has 4 aromatic rings. The average molecular weight is 1170 g/mol. The third-order valence-electron chi connectivity index (χ3n) is 15.2. The van der Waals surface area contributed by atoms with Crippen LogP contribution in [-0.2, 0) is 73.6 Å². The van der Waals surface area contributed by atoms with Gasteiger partial charge in [-0.05, 0) is 98.8 Å². The standard InChI is InChI=1S/C66H89N9O10/c1-4-21-54(73-63(82)50(35-45-22-9-5-10-23-45)40-57(76)52(67)37-47-26-13-7-14-27-47)66(85)74-55-31-18-20-33-70-60(79)42-71-62(81)49(30-17-19-32-69-61(80)43-72-65(55)84)39-59(78)56(34-44(2)3)75-64(83)51(36-46-24-11-6-12-25-46)41-58(77)53(68)38-48-28-15-8-16-29-48/h5-16,22-29,44,49-56H,4,17-21,30-43,67-68H2,1-3H3,(H,69,80)(H,70,79)(H,71,81)(H,72,84)(H,73,82)(H,74,85)(H,75,83)/t49-,50-,51-,52+,53+,54+,55+,56+/m0/s1. The molecule has 1 aliphatic heterocycles. The van der Waals surface area contributed by atoms with E-state index >= 15 is 0 Å². The van der Waals surface area contributed by atoms with Crippen LogP contribution in [-0.4, -0.2) is 115 Å². The Kier molecular flexibility index (Phi) is 29.3. The summed E-state index contributed by atoms with van der Waals surface area (Å²) in [7, 11) is 0. The molecule has 1 saturated heterocycles. The SMILES string of the molecule is CCC[C@@H](NC(=O)[C@H](CC(=O)[C@H](N)Cc1ccccc1)Cc1ccccc1)C(=O)N[C@@H]1CCCCNC(=O)CNC(=O)[C@H](CC(=O)[C@@H](CC(C)C)NC(=O)[C@H](CC(=O)[C@H](N)Cc2ccccc2)Cc2ccccc2)CCCCNC(=O)CNC1=O. The molecule has 4 aromatic carbocycles. The number of Topliss-reactive ketones (excluding diaryl/α,β-unsaturated/α-hetero) is 3. The molecule has 0 radical (unpaired) electrons. The highest BCUT2D eigenvalue weighted by atomic mass is 16.2. The number of carbonyl (C=O) groups is 10. The van der Waals surface area contributed by atoms with Gasteiger partial charge in [-0.15, -0.1) is 0 Å².